The summed E-state index contributed by atoms with van der Waals surface area (Å²) in [7, 11) is 0. The number of hydrogen-bond acceptors (Lipinski definition) is 5. The standard InChI is InChI=1S/C17H16BrN5O2/c1-9-15(11(3)24)10(2)19-16(9)14(25)8-23-21-17(20-22-23)12-4-6-13(18)7-5-12/h4-7,19H,8H2,1-3H3. The Kier molecular flexibility index (Phi) is 4.63. The summed E-state index contributed by atoms with van der Waals surface area (Å²) < 4.78 is 0.956. The van der Waals surface area contributed by atoms with Crippen LogP contribution < -0.4 is 0 Å². The minimum Gasteiger partial charge on any atom is -0.355 e. The van der Waals surface area contributed by atoms with Gasteiger partial charge >= 0.3 is 0 Å². The summed E-state index contributed by atoms with van der Waals surface area (Å²) in [5.41, 5.74) is 3.13. The van der Waals surface area contributed by atoms with Gasteiger partial charge < -0.3 is 4.98 Å². The molecule has 128 valence electrons. The van der Waals surface area contributed by atoms with Crippen LogP contribution in [0.3, 0.4) is 0 Å². The van der Waals surface area contributed by atoms with Crippen LogP contribution in [0.25, 0.3) is 11.4 Å². The van der Waals surface area contributed by atoms with Gasteiger partial charge in [0.2, 0.25) is 11.6 Å². The Hall–Kier alpha value is -2.61. The maximum absolute atomic E-state index is 12.5. The number of hydrogen-bond donors (Lipinski definition) is 1. The average molecular weight is 402 g/mol. The van der Waals surface area contributed by atoms with Gasteiger partial charge in [0.05, 0.1) is 5.69 Å². The van der Waals surface area contributed by atoms with Crippen molar-refractivity contribution >= 4 is 27.5 Å². The molecule has 0 amide bonds. The van der Waals surface area contributed by atoms with Gasteiger partial charge in [-0.05, 0) is 55.8 Å². The van der Waals surface area contributed by atoms with Gasteiger partial charge in [-0.15, -0.1) is 10.2 Å². The Labute approximate surface area is 152 Å². The molecule has 7 nitrogen and oxygen atoms in total. The highest BCUT2D eigenvalue weighted by Gasteiger charge is 2.20. The van der Waals surface area contributed by atoms with Gasteiger partial charge in [0.25, 0.3) is 0 Å². The summed E-state index contributed by atoms with van der Waals surface area (Å²) in [4.78, 5) is 28.5. The van der Waals surface area contributed by atoms with E-state index in [0.29, 0.717) is 28.3 Å². The highest BCUT2D eigenvalue weighted by atomic mass is 79.9. The molecule has 2 aromatic heterocycles. The highest BCUT2D eigenvalue weighted by molar-refractivity contribution is 9.10. The number of halogens is 1. The van der Waals surface area contributed by atoms with Gasteiger partial charge in [0.1, 0.15) is 6.54 Å². The number of benzene rings is 1. The lowest BCUT2D eigenvalue weighted by Crippen LogP contribution is -2.14. The van der Waals surface area contributed by atoms with Crippen LogP contribution in [0.15, 0.2) is 28.7 Å². The van der Waals surface area contributed by atoms with E-state index < -0.39 is 0 Å². The molecule has 3 aromatic rings. The van der Waals surface area contributed by atoms with Crippen LogP contribution in [0.5, 0.6) is 0 Å². The normalized spacial score (nSPS) is 10.9. The molecule has 0 radical (unpaired) electrons. The third-order valence-electron chi connectivity index (χ3n) is 3.91. The second kappa shape index (κ2) is 6.72. The number of carbonyl (C=O) groups is 2. The number of tetrazole rings is 1. The molecule has 0 aliphatic carbocycles. The summed E-state index contributed by atoms with van der Waals surface area (Å²) in [5, 5.41) is 12.2. The highest BCUT2D eigenvalue weighted by Crippen LogP contribution is 2.20. The van der Waals surface area contributed by atoms with Gasteiger partial charge in [0.15, 0.2) is 5.78 Å². The van der Waals surface area contributed by atoms with Crippen molar-refractivity contribution in [2.45, 2.75) is 27.3 Å². The Morgan fingerprint density at radius 3 is 2.48 bits per heavy atom. The van der Waals surface area contributed by atoms with E-state index in [4.69, 9.17) is 0 Å². The number of ketones is 2. The van der Waals surface area contributed by atoms with Crippen LogP contribution in [0, 0.1) is 13.8 Å². The molecule has 2 heterocycles. The quantitative estimate of drug-likeness (QED) is 0.662. The zero-order chi connectivity index (χ0) is 18.1. The molecule has 1 aromatic carbocycles. The minimum absolute atomic E-state index is 0.0539. The maximum atomic E-state index is 12.5. The van der Waals surface area contributed by atoms with E-state index in [-0.39, 0.29) is 18.1 Å². The Morgan fingerprint density at radius 2 is 1.88 bits per heavy atom. The second-order valence-electron chi connectivity index (χ2n) is 5.75. The van der Waals surface area contributed by atoms with Crippen LogP contribution in [-0.4, -0.2) is 36.8 Å². The first-order valence-corrected chi connectivity index (χ1v) is 8.43. The lowest BCUT2D eigenvalue weighted by Gasteiger charge is -2.00. The lowest BCUT2D eigenvalue weighted by molar-refractivity contribution is 0.0956. The number of rotatable bonds is 5. The SMILES string of the molecule is CC(=O)c1c(C)[nH]c(C(=O)Cn2nnc(-c3ccc(Br)cc3)n2)c1C. The molecule has 0 saturated heterocycles. The summed E-state index contributed by atoms with van der Waals surface area (Å²) in [6.45, 7) is 4.97. The van der Waals surface area contributed by atoms with Gasteiger partial charge in [0, 0.05) is 21.3 Å². The van der Waals surface area contributed by atoms with E-state index in [1.54, 1.807) is 13.8 Å². The Balaban J connectivity index is 1.82. The molecule has 25 heavy (non-hydrogen) atoms. The number of aromatic nitrogens is 5. The Bertz CT molecular complexity index is 956. The van der Waals surface area contributed by atoms with Crippen molar-refractivity contribution in [3.63, 3.8) is 0 Å². The molecule has 0 bridgehead atoms. The van der Waals surface area contributed by atoms with E-state index in [9.17, 15) is 9.59 Å². The monoisotopic (exact) mass is 401 g/mol. The first kappa shape index (κ1) is 17.2. The predicted octanol–water partition coefficient (Wildman–Crippen LogP) is 3.13. The van der Waals surface area contributed by atoms with Crippen LogP contribution in [0.2, 0.25) is 0 Å². The third-order valence-corrected chi connectivity index (χ3v) is 4.44. The molecule has 3 rings (SSSR count). The van der Waals surface area contributed by atoms with Crippen molar-refractivity contribution in [3.8, 4) is 11.4 Å². The van der Waals surface area contributed by atoms with Crippen LogP contribution in [0.1, 0.15) is 39.0 Å². The van der Waals surface area contributed by atoms with E-state index in [2.05, 4.69) is 36.3 Å². The van der Waals surface area contributed by atoms with Gasteiger partial charge in [-0.25, -0.2) is 0 Å². The van der Waals surface area contributed by atoms with Crippen LogP contribution in [-0.2, 0) is 6.54 Å². The summed E-state index contributed by atoms with van der Waals surface area (Å²) in [6.07, 6.45) is 0. The molecular formula is C17H16BrN5O2. The molecule has 0 unspecified atom stereocenters. The number of aromatic amines is 1. The molecule has 8 heteroatoms. The molecule has 0 aliphatic heterocycles. The topological polar surface area (TPSA) is 93.5 Å². The molecular weight excluding hydrogens is 386 g/mol. The van der Waals surface area contributed by atoms with Gasteiger partial charge in [-0.1, -0.05) is 15.9 Å². The van der Waals surface area contributed by atoms with E-state index in [0.717, 1.165) is 10.0 Å². The smallest absolute Gasteiger partial charge is 0.204 e. The number of carbonyl (C=O) groups excluding carboxylic acids is 2. The number of Topliss-reactive ketones (excluding diaryl/α,β-unsaturated/α-hetero) is 2. The Morgan fingerprint density at radius 1 is 1.20 bits per heavy atom. The van der Waals surface area contributed by atoms with Gasteiger partial charge in [-0.2, -0.15) is 4.80 Å². The fourth-order valence-corrected chi connectivity index (χ4v) is 3.05. The minimum atomic E-state index is -0.201. The largest absolute Gasteiger partial charge is 0.355 e. The summed E-state index contributed by atoms with van der Waals surface area (Å²) in [6, 6.07) is 7.50. The fourth-order valence-electron chi connectivity index (χ4n) is 2.79. The van der Waals surface area contributed by atoms with Crippen molar-refractivity contribution in [1.29, 1.82) is 0 Å². The first-order chi connectivity index (χ1) is 11.9. The van der Waals surface area contributed by atoms with Crippen molar-refractivity contribution in [2.75, 3.05) is 0 Å². The number of nitrogens with zero attached hydrogens (tertiary/aromatic N) is 4. The molecule has 0 spiro atoms. The first-order valence-electron chi connectivity index (χ1n) is 7.64. The molecule has 0 saturated carbocycles. The van der Waals surface area contributed by atoms with Gasteiger partial charge in [-0.3, -0.25) is 9.59 Å². The fraction of sp³-hybridized carbons (Fsp3) is 0.235. The lowest BCUT2D eigenvalue weighted by atomic mass is 10.1. The van der Waals surface area contributed by atoms with Crippen molar-refractivity contribution in [1.82, 2.24) is 25.2 Å². The zero-order valence-corrected chi connectivity index (χ0v) is 15.6. The summed E-state index contributed by atoms with van der Waals surface area (Å²) >= 11 is 3.37. The van der Waals surface area contributed by atoms with Crippen LogP contribution in [0.4, 0.5) is 0 Å². The second-order valence-corrected chi connectivity index (χ2v) is 6.67. The van der Waals surface area contributed by atoms with Crippen molar-refractivity contribution < 1.29 is 9.59 Å². The molecule has 0 aliphatic rings. The molecule has 0 atom stereocenters. The average Bonchev–Trinajstić information content (AvgIpc) is 3.12. The van der Waals surface area contributed by atoms with E-state index in [1.807, 2.05) is 24.3 Å². The van der Waals surface area contributed by atoms with E-state index in [1.165, 1.54) is 11.7 Å². The van der Waals surface area contributed by atoms with Crippen LogP contribution >= 0.6 is 15.9 Å². The maximum Gasteiger partial charge on any atom is 0.204 e. The number of nitrogens with one attached hydrogen (secondary N) is 1. The number of aryl methyl sites for hydroxylation is 1. The molecule has 1 N–H and O–H groups in total. The third kappa shape index (κ3) is 3.43. The predicted molar refractivity (Wildman–Crippen MR) is 95.6 cm³/mol. The van der Waals surface area contributed by atoms with Crippen molar-refractivity contribution in [2.24, 2.45) is 0 Å². The number of H-pyrrole nitrogens is 1. The van der Waals surface area contributed by atoms with Crippen molar-refractivity contribution in [3.05, 3.63) is 51.3 Å². The zero-order valence-electron chi connectivity index (χ0n) is 14.0. The summed E-state index contributed by atoms with van der Waals surface area (Å²) in [5.74, 6) is 0.179. The van der Waals surface area contributed by atoms with E-state index >= 15 is 0 Å². The molecule has 0 fully saturated rings.